The third-order valence-corrected chi connectivity index (χ3v) is 1.89. The molecule has 1 heterocycles. The van der Waals surface area contributed by atoms with Gasteiger partial charge in [0.15, 0.2) is 5.89 Å². The van der Waals surface area contributed by atoms with Gasteiger partial charge in [-0.15, -0.1) is 0 Å². The van der Waals surface area contributed by atoms with Gasteiger partial charge in [-0.3, -0.25) is 0 Å². The van der Waals surface area contributed by atoms with Crippen LogP contribution in [-0.2, 0) is 6.42 Å². The fourth-order valence-corrected chi connectivity index (χ4v) is 1.00. The predicted molar refractivity (Wildman–Crippen MR) is 48.0 cm³/mol. The first kappa shape index (κ1) is 9.26. The molecule has 0 aliphatic carbocycles. The van der Waals surface area contributed by atoms with Gasteiger partial charge < -0.3 is 10.2 Å². The van der Waals surface area contributed by atoms with Crippen LogP contribution in [0.2, 0.25) is 0 Å². The molecule has 0 aromatic carbocycles. The zero-order chi connectivity index (χ0) is 8.97. The van der Waals surface area contributed by atoms with Crippen molar-refractivity contribution in [2.75, 3.05) is 6.54 Å². The summed E-state index contributed by atoms with van der Waals surface area (Å²) < 4.78 is 5.26. The highest BCUT2D eigenvalue weighted by Gasteiger charge is 2.08. The van der Waals surface area contributed by atoms with Crippen molar-refractivity contribution in [2.24, 2.45) is 5.73 Å². The van der Waals surface area contributed by atoms with E-state index in [1.165, 1.54) is 0 Å². The summed E-state index contributed by atoms with van der Waals surface area (Å²) in [7, 11) is 0. The Bertz CT molecular complexity index is 232. The molecule has 1 aromatic heterocycles. The van der Waals surface area contributed by atoms with Crippen molar-refractivity contribution in [1.82, 2.24) is 4.98 Å². The lowest BCUT2D eigenvalue weighted by molar-refractivity contribution is 0.491. The van der Waals surface area contributed by atoms with Crippen molar-refractivity contribution in [3.8, 4) is 0 Å². The second-order valence-corrected chi connectivity index (χ2v) is 3.05. The fourth-order valence-electron chi connectivity index (χ4n) is 1.00. The van der Waals surface area contributed by atoms with Crippen molar-refractivity contribution in [1.29, 1.82) is 0 Å². The average Bonchev–Trinajstić information content (AvgIpc) is 2.52. The maximum atomic E-state index is 5.51. The molecule has 68 valence electrons. The standard InChI is InChI=1S/C9H16N2O/c1-3-4-9-11-8(6-12-9)7(2)5-10/h6-7H,3-5,10H2,1-2H3. The lowest BCUT2D eigenvalue weighted by Gasteiger charge is -2.00. The molecule has 3 heteroatoms. The summed E-state index contributed by atoms with van der Waals surface area (Å²) in [6.07, 6.45) is 3.69. The minimum atomic E-state index is 0.305. The molecule has 0 bridgehead atoms. The molecule has 0 aliphatic rings. The summed E-state index contributed by atoms with van der Waals surface area (Å²) in [5, 5.41) is 0. The van der Waals surface area contributed by atoms with Gasteiger partial charge in [-0.25, -0.2) is 4.98 Å². The van der Waals surface area contributed by atoms with Gasteiger partial charge in [0, 0.05) is 18.9 Å². The van der Waals surface area contributed by atoms with E-state index in [1.54, 1.807) is 6.26 Å². The molecular weight excluding hydrogens is 152 g/mol. The molecule has 0 saturated carbocycles. The Labute approximate surface area is 73.0 Å². The van der Waals surface area contributed by atoms with Gasteiger partial charge in [-0.1, -0.05) is 13.8 Å². The molecule has 1 unspecified atom stereocenters. The zero-order valence-corrected chi connectivity index (χ0v) is 7.71. The van der Waals surface area contributed by atoms with E-state index in [4.69, 9.17) is 10.2 Å². The van der Waals surface area contributed by atoms with E-state index in [1.807, 2.05) is 6.92 Å². The van der Waals surface area contributed by atoms with Gasteiger partial charge in [0.05, 0.1) is 5.69 Å². The van der Waals surface area contributed by atoms with Crippen molar-refractivity contribution in [3.05, 3.63) is 17.8 Å². The first-order valence-corrected chi connectivity index (χ1v) is 4.42. The number of hydrogen-bond donors (Lipinski definition) is 1. The van der Waals surface area contributed by atoms with E-state index in [9.17, 15) is 0 Å². The second kappa shape index (κ2) is 4.26. The first-order chi connectivity index (χ1) is 5.77. The van der Waals surface area contributed by atoms with Gasteiger partial charge in [-0.05, 0) is 6.42 Å². The first-order valence-electron chi connectivity index (χ1n) is 4.42. The summed E-state index contributed by atoms with van der Waals surface area (Å²) in [6.45, 7) is 4.78. The van der Waals surface area contributed by atoms with Crippen LogP contribution in [0, 0.1) is 0 Å². The number of aromatic nitrogens is 1. The molecule has 1 rings (SSSR count). The molecule has 12 heavy (non-hydrogen) atoms. The summed E-state index contributed by atoms with van der Waals surface area (Å²) in [5.74, 6) is 1.13. The molecule has 0 radical (unpaired) electrons. The maximum Gasteiger partial charge on any atom is 0.194 e. The van der Waals surface area contributed by atoms with E-state index in [0.717, 1.165) is 24.4 Å². The second-order valence-electron chi connectivity index (χ2n) is 3.05. The number of nitrogens with two attached hydrogens (primary N) is 1. The normalized spacial score (nSPS) is 13.2. The van der Waals surface area contributed by atoms with Crippen LogP contribution < -0.4 is 5.73 Å². The number of rotatable bonds is 4. The quantitative estimate of drug-likeness (QED) is 0.744. The Morgan fingerprint density at radius 1 is 1.67 bits per heavy atom. The van der Waals surface area contributed by atoms with Crippen molar-refractivity contribution >= 4 is 0 Å². The Balaban J connectivity index is 2.63. The number of aryl methyl sites for hydroxylation is 1. The predicted octanol–water partition coefficient (Wildman–Crippen LogP) is 1.69. The molecule has 1 aromatic rings. The summed E-state index contributed by atoms with van der Waals surface area (Å²) >= 11 is 0. The van der Waals surface area contributed by atoms with Crippen LogP contribution >= 0.6 is 0 Å². The molecule has 3 nitrogen and oxygen atoms in total. The summed E-state index contributed by atoms with van der Waals surface area (Å²) in [6, 6.07) is 0. The lowest BCUT2D eigenvalue weighted by Crippen LogP contribution is -2.09. The molecule has 2 N–H and O–H groups in total. The van der Waals surface area contributed by atoms with Gasteiger partial charge in [0.1, 0.15) is 6.26 Å². The zero-order valence-electron chi connectivity index (χ0n) is 7.71. The SMILES string of the molecule is CCCc1nc(C(C)CN)co1. The van der Waals surface area contributed by atoms with Gasteiger partial charge in [0.25, 0.3) is 0 Å². The van der Waals surface area contributed by atoms with E-state index in [-0.39, 0.29) is 0 Å². The molecule has 0 spiro atoms. The minimum Gasteiger partial charge on any atom is -0.449 e. The third-order valence-electron chi connectivity index (χ3n) is 1.89. The maximum absolute atomic E-state index is 5.51. The Kier molecular flexibility index (Phi) is 3.29. The van der Waals surface area contributed by atoms with E-state index >= 15 is 0 Å². The van der Waals surface area contributed by atoms with E-state index < -0.39 is 0 Å². The molecular formula is C9H16N2O. The number of nitrogens with zero attached hydrogens (tertiary/aromatic N) is 1. The fraction of sp³-hybridized carbons (Fsp3) is 0.667. The summed E-state index contributed by atoms with van der Waals surface area (Å²) in [5.41, 5.74) is 6.48. The topological polar surface area (TPSA) is 52.0 Å². The van der Waals surface area contributed by atoms with Crippen molar-refractivity contribution in [3.63, 3.8) is 0 Å². The van der Waals surface area contributed by atoms with E-state index in [0.29, 0.717) is 12.5 Å². The van der Waals surface area contributed by atoms with Crippen LogP contribution in [-0.4, -0.2) is 11.5 Å². The van der Waals surface area contributed by atoms with Crippen LogP contribution in [0.15, 0.2) is 10.7 Å². The van der Waals surface area contributed by atoms with Crippen molar-refractivity contribution in [2.45, 2.75) is 32.6 Å². The van der Waals surface area contributed by atoms with Gasteiger partial charge in [-0.2, -0.15) is 0 Å². The lowest BCUT2D eigenvalue weighted by atomic mass is 10.1. The van der Waals surface area contributed by atoms with Crippen LogP contribution in [0.4, 0.5) is 0 Å². The van der Waals surface area contributed by atoms with Crippen LogP contribution in [0.3, 0.4) is 0 Å². The monoisotopic (exact) mass is 168 g/mol. The number of oxazole rings is 1. The molecule has 0 saturated heterocycles. The third kappa shape index (κ3) is 2.08. The van der Waals surface area contributed by atoms with Gasteiger partial charge >= 0.3 is 0 Å². The number of hydrogen-bond acceptors (Lipinski definition) is 3. The molecule has 0 aliphatic heterocycles. The van der Waals surface area contributed by atoms with E-state index in [2.05, 4.69) is 11.9 Å². The highest BCUT2D eigenvalue weighted by atomic mass is 16.3. The molecule has 0 fully saturated rings. The minimum absolute atomic E-state index is 0.305. The summed E-state index contributed by atoms with van der Waals surface area (Å²) in [4.78, 5) is 4.32. The largest absolute Gasteiger partial charge is 0.449 e. The smallest absolute Gasteiger partial charge is 0.194 e. The highest BCUT2D eigenvalue weighted by molar-refractivity contribution is 5.03. The Morgan fingerprint density at radius 2 is 2.42 bits per heavy atom. The molecule has 0 amide bonds. The highest BCUT2D eigenvalue weighted by Crippen LogP contribution is 2.13. The Morgan fingerprint density at radius 3 is 3.00 bits per heavy atom. The van der Waals surface area contributed by atoms with Gasteiger partial charge in [0.2, 0.25) is 0 Å². The molecule has 1 atom stereocenters. The van der Waals surface area contributed by atoms with Crippen LogP contribution in [0.5, 0.6) is 0 Å². The Hall–Kier alpha value is -0.830. The van der Waals surface area contributed by atoms with Crippen molar-refractivity contribution < 1.29 is 4.42 Å². The van der Waals surface area contributed by atoms with Crippen LogP contribution in [0.1, 0.15) is 37.8 Å². The average molecular weight is 168 g/mol. The van der Waals surface area contributed by atoms with Crippen LogP contribution in [0.25, 0.3) is 0 Å².